The molecule has 0 saturated heterocycles. The van der Waals surface area contributed by atoms with Crippen molar-refractivity contribution in [3.63, 3.8) is 0 Å². The summed E-state index contributed by atoms with van der Waals surface area (Å²) >= 11 is 0. The standard InChI is InChI=1S/C20H23F3N2O/c1-4-15(3)25(19(26)24-18-8-6-5-7-14(18)2)13-16-9-11-17(12-10-16)20(21,22)23/h5-12,15H,4,13H2,1-3H3,(H,24,26). The normalized spacial score (nSPS) is 12.5. The molecule has 0 radical (unpaired) electrons. The molecule has 0 bridgehead atoms. The van der Waals surface area contributed by atoms with E-state index in [1.807, 2.05) is 45.0 Å². The van der Waals surface area contributed by atoms with E-state index >= 15 is 0 Å². The summed E-state index contributed by atoms with van der Waals surface area (Å²) in [5, 5.41) is 2.89. The third-order valence-electron chi connectivity index (χ3n) is 4.40. The SMILES string of the molecule is CCC(C)N(Cc1ccc(C(F)(F)F)cc1)C(=O)Nc1ccccc1C. The average Bonchev–Trinajstić information content (AvgIpc) is 2.60. The van der Waals surface area contributed by atoms with Crippen LogP contribution in [0, 0.1) is 6.92 Å². The third-order valence-corrected chi connectivity index (χ3v) is 4.40. The molecule has 26 heavy (non-hydrogen) atoms. The lowest BCUT2D eigenvalue weighted by atomic mass is 10.1. The first kappa shape index (κ1) is 19.8. The maximum Gasteiger partial charge on any atom is 0.416 e. The van der Waals surface area contributed by atoms with Crippen molar-refractivity contribution < 1.29 is 18.0 Å². The monoisotopic (exact) mass is 364 g/mol. The summed E-state index contributed by atoms with van der Waals surface area (Å²) in [6.07, 6.45) is -3.63. The number of carbonyl (C=O) groups is 1. The van der Waals surface area contributed by atoms with Crippen LogP contribution in [0.3, 0.4) is 0 Å². The van der Waals surface area contributed by atoms with Gasteiger partial charge in [-0.1, -0.05) is 37.3 Å². The zero-order valence-electron chi connectivity index (χ0n) is 15.1. The number of nitrogens with one attached hydrogen (secondary N) is 1. The van der Waals surface area contributed by atoms with E-state index in [4.69, 9.17) is 0 Å². The third kappa shape index (κ3) is 5.00. The lowest BCUT2D eigenvalue weighted by molar-refractivity contribution is -0.137. The first-order valence-corrected chi connectivity index (χ1v) is 8.51. The summed E-state index contributed by atoms with van der Waals surface area (Å²) < 4.78 is 38.1. The highest BCUT2D eigenvalue weighted by Gasteiger charge is 2.30. The number of para-hydroxylation sites is 1. The molecule has 2 aromatic rings. The van der Waals surface area contributed by atoms with E-state index < -0.39 is 11.7 Å². The molecule has 0 aliphatic rings. The van der Waals surface area contributed by atoms with E-state index in [0.29, 0.717) is 5.56 Å². The van der Waals surface area contributed by atoms with Crippen LogP contribution in [0.2, 0.25) is 0 Å². The number of hydrogen-bond acceptors (Lipinski definition) is 1. The molecular weight excluding hydrogens is 341 g/mol. The van der Waals surface area contributed by atoms with Gasteiger partial charge in [-0.25, -0.2) is 4.79 Å². The van der Waals surface area contributed by atoms with Gasteiger partial charge in [0.15, 0.2) is 0 Å². The second-order valence-corrected chi connectivity index (χ2v) is 6.32. The fraction of sp³-hybridized carbons (Fsp3) is 0.350. The largest absolute Gasteiger partial charge is 0.416 e. The van der Waals surface area contributed by atoms with Crippen LogP contribution in [-0.2, 0) is 12.7 Å². The minimum absolute atomic E-state index is 0.0543. The number of amides is 2. The van der Waals surface area contributed by atoms with E-state index in [1.165, 1.54) is 12.1 Å². The van der Waals surface area contributed by atoms with Gasteiger partial charge >= 0.3 is 12.2 Å². The van der Waals surface area contributed by atoms with Crippen molar-refractivity contribution in [2.24, 2.45) is 0 Å². The number of anilines is 1. The van der Waals surface area contributed by atoms with Crippen molar-refractivity contribution >= 4 is 11.7 Å². The molecule has 6 heteroatoms. The molecule has 0 saturated carbocycles. The molecule has 1 unspecified atom stereocenters. The first-order chi connectivity index (χ1) is 12.2. The van der Waals surface area contributed by atoms with Gasteiger partial charge in [0.25, 0.3) is 0 Å². The number of hydrogen-bond donors (Lipinski definition) is 1. The van der Waals surface area contributed by atoms with Gasteiger partial charge in [0.05, 0.1) is 5.56 Å². The minimum Gasteiger partial charge on any atom is -0.318 e. The number of aryl methyl sites for hydroxylation is 1. The molecule has 0 heterocycles. The lowest BCUT2D eigenvalue weighted by Crippen LogP contribution is -2.40. The van der Waals surface area contributed by atoms with Gasteiger partial charge in [-0.2, -0.15) is 13.2 Å². The molecule has 2 rings (SSSR count). The molecule has 3 nitrogen and oxygen atoms in total. The summed E-state index contributed by atoms with van der Waals surface area (Å²) in [5.41, 5.74) is 1.62. The maximum absolute atomic E-state index is 12.7. The number of benzene rings is 2. The van der Waals surface area contributed by atoms with Crippen LogP contribution in [0.5, 0.6) is 0 Å². The van der Waals surface area contributed by atoms with Crippen LogP contribution >= 0.6 is 0 Å². The molecule has 2 aromatic carbocycles. The molecule has 0 spiro atoms. The van der Waals surface area contributed by atoms with Gasteiger partial charge in [0, 0.05) is 18.3 Å². The van der Waals surface area contributed by atoms with E-state index in [9.17, 15) is 18.0 Å². The highest BCUT2D eigenvalue weighted by Crippen LogP contribution is 2.29. The number of nitrogens with zero attached hydrogens (tertiary/aromatic N) is 1. The van der Waals surface area contributed by atoms with Crippen LogP contribution < -0.4 is 5.32 Å². The molecule has 1 N–H and O–H groups in total. The molecule has 2 amide bonds. The Labute approximate surface area is 151 Å². The second kappa shape index (κ2) is 8.25. The fourth-order valence-electron chi connectivity index (χ4n) is 2.54. The van der Waals surface area contributed by atoms with Crippen LogP contribution in [0.4, 0.5) is 23.7 Å². The van der Waals surface area contributed by atoms with Gasteiger partial charge in [0.2, 0.25) is 0 Å². The number of urea groups is 1. The minimum atomic E-state index is -4.36. The van der Waals surface area contributed by atoms with Crippen molar-refractivity contribution in [2.45, 2.75) is 46.0 Å². The highest BCUT2D eigenvalue weighted by molar-refractivity contribution is 5.90. The molecule has 140 valence electrons. The molecule has 0 aliphatic carbocycles. The van der Waals surface area contributed by atoms with Gasteiger partial charge in [-0.15, -0.1) is 0 Å². The number of alkyl halides is 3. The molecule has 0 aliphatic heterocycles. The molecule has 1 atom stereocenters. The smallest absolute Gasteiger partial charge is 0.318 e. The van der Waals surface area contributed by atoms with E-state index in [-0.39, 0.29) is 18.6 Å². The quantitative estimate of drug-likeness (QED) is 0.709. The Balaban J connectivity index is 2.17. The predicted molar refractivity (Wildman–Crippen MR) is 96.9 cm³/mol. The first-order valence-electron chi connectivity index (χ1n) is 8.51. The molecular formula is C20H23F3N2O. The Bertz CT molecular complexity index is 741. The second-order valence-electron chi connectivity index (χ2n) is 6.32. The van der Waals surface area contributed by atoms with Crippen LogP contribution in [0.15, 0.2) is 48.5 Å². The van der Waals surface area contributed by atoms with Crippen molar-refractivity contribution in [1.29, 1.82) is 0 Å². The number of rotatable bonds is 5. The Kier molecular flexibility index (Phi) is 6.29. The molecule has 0 aromatic heterocycles. The Morgan fingerprint density at radius 3 is 2.27 bits per heavy atom. The van der Waals surface area contributed by atoms with E-state index in [0.717, 1.165) is 29.8 Å². The van der Waals surface area contributed by atoms with Crippen LogP contribution in [0.1, 0.15) is 37.0 Å². The summed E-state index contributed by atoms with van der Waals surface area (Å²) in [4.78, 5) is 14.4. The summed E-state index contributed by atoms with van der Waals surface area (Å²) in [5.74, 6) is 0. The topological polar surface area (TPSA) is 32.3 Å². The van der Waals surface area contributed by atoms with Crippen molar-refractivity contribution in [3.8, 4) is 0 Å². The van der Waals surface area contributed by atoms with Gasteiger partial charge < -0.3 is 10.2 Å². The van der Waals surface area contributed by atoms with Crippen molar-refractivity contribution in [3.05, 3.63) is 65.2 Å². The van der Waals surface area contributed by atoms with E-state index in [1.54, 1.807) is 4.90 Å². The Morgan fingerprint density at radius 1 is 1.12 bits per heavy atom. The van der Waals surface area contributed by atoms with Gasteiger partial charge in [-0.3, -0.25) is 0 Å². The van der Waals surface area contributed by atoms with Crippen molar-refractivity contribution in [2.75, 3.05) is 5.32 Å². The number of halogens is 3. The van der Waals surface area contributed by atoms with Gasteiger partial charge in [-0.05, 0) is 49.6 Å². The highest BCUT2D eigenvalue weighted by atomic mass is 19.4. The van der Waals surface area contributed by atoms with E-state index in [2.05, 4.69) is 5.32 Å². The van der Waals surface area contributed by atoms with Crippen LogP contribution in [0.25, 0.3) is 0 Å². The Hall–Kier alpha value is -2.50. The lowest BCUT2D eigenvalue weighted by Gasteiger charge is -2.29. The van der Waals surface area contributed by atoms with Crippen LogP contribution in [-0.4, -0.2) is 17.0 Å². The van der Waals surface area contributed by atoms with Gasteiger partial charge in [0.1, 0.15) is 0 Å². The fourth-order valence-corrected chi connectivity index (χ4v) is 2.54. The summed E-state index contributed by atoms with van der Waals surface area (Å²) in [7, 11) is 0. The molecule has 0 fully saturated rings. The summed E-state index contributed by atoms with van der Waals surface area (Å²) in [6.45, 7) is 6.02. The van der Waals surface area contributed by atoms with Crippen molar-refractivity contribution in [1.82, 2.24) is 4.90 Å². The Morgan fingerprint density at radius 2 is 1.73 bits per heavy atom. The average molecular weight is 364 g/mol. The summed E-state index contributed by atoms with van der Waals surface area (Å²) in [6, 6.07) is 12.0. The maximum atomic E-state index is 12.7. The zero-order valence-corrected chi connectivity index (χ0v) is 15.1. The zero-order chi connectivity index (χ0) is 19.3. The number of carbonyl (C=O) groups excluding carboxylic acids is 1. The predicted octanol–water partition coefficient (Wildman–Crippen LogP) is 5.85.